The van der Waals surface area contributed by atoms with Crippen LogP contribution in [-0.2, 0) is 21.3 Å². The minimum atomic E-state index is -3.41. The minimum absolute atomic E-state index is 0.236. The van der Waals surface area contributed by atoms with Crippen LogP contribution in [0, 0.1) is 0 Å². The Bertz CT molecular complexity index is 442. The van der Waals surface area contributed by atoms with E-state index < -0.39 is 10.0 Å². The number of ether oxygens (including phenoxy) is 1. The Balaban J connectivity index is 2.36. The highest BCUT2D eigenvalue weighted by Gasteiger charge is 2.14. The number of aromatic amines is 1. The number of rotatable bonds is 9. The van der Waals surface area contributed by atoms with Crippen LogP contribution in [0.25, 0.3) is 0 Å². The Morgan fingerprint density at radius 1 is 1.39 bits per heavy atom. The number of unbranched alkanes of at least 4 members (excludes halogenated alkanes) is 2. The molecule has 0 unspecified atom stereocenters. The number of methoxy groups -OCH3 is 1. The monoisotopic (exact) mass is 275 g/mol. The van der Waals surface area contributed by atoms with Gasteiger partial charge in [0.1, 0.15) is 0 Å². The Morgan fingerprint density at radius 2 is 2.17 bits per heavy atom. The molecule has 0 saturated carbocycles. The Morgan fingerprint density at radius 3 is 2.78 bits per heavy atom. The summed E-state index contributed by atoms with van der Waals surface area (Å²) in [5.41, 5.74) is 6.12. The average molecular weight is 275 g/mol. The molecular formula is C11H21N3O3S. The molecule has 0 aliphatic heterocycles. The largest absolute Gasteiger partial charge is 0.385 e. The van der Waals surface area contributed by atoms with Crippen LogP contribution < -0.4 is 10.5 Å². The van der Waals surface area contributed by atoms with Crippen molar-refractivity contribution in [2.45, 2.75) is 30.7 Å². The third kappa shape index (κ3) is 4.77. The van der Waals surface area contributed by atoms with Gasteiger partial charge in [0.25, 0.3) is 0 Å². The van der Waals surface area contributed by atoms with Gasteiger partial charge in [-0.05, 0) is 25.3 Å². The Hall–Kier alpha value is -0.890. The minimum Gasteiger partial charge on any atom is -0.385 e. The average Bonchev–Trinajstić information content (AvgIpc) is 2.83. The highest BCUT2D eigenvalue weighted by molar-refractivity contribution is 7.89. The summed E-state index contributed by atoms with van der Waals surface area (Å²) in [5, 5.41) is 0. The highest BCUT2D eigenvalue weighted by atomic mass is 32.2. The second-order valence-corrected chi connectivity index (χ2v) is 5.78. The summed E-state index contributed by atoms with van der Waals surface area (Å²) in [4.78, 5) is 3.06. The SMILES string of the molecule is COCCCCCNS(=O)(=O)c1c[nH]c(CN)c1. The molecule has 0 aliphatic carbocycles. The molecule has 0 aromatic carbocycles. The summed E-state index contributed by atoms with van der Waals surface area (Å²) in [7, 11) is -1.75. The molecule has 4 N–H and O–H groups in total. The molecule has 1 aromatic rings. The molecule has 1 heterocycles. The summed E-state index contributed by atoms with van der Waals surface area (Å²) < 4.78 is 31.2. The number of nitrogens with one attached hydrogen (secondary N) is 2. The van der Waals surface area contributed by atoms with Gasteiger partial charge in [0, 0.05) is 38.7 Å². The van der Waals surface area contributed by atoms with E-state index in [1.165, 1.54) is 6.20 Å². The van der Waals surface area contributed by atoms with Crippen LogP contribution in [0.1, 0.15) is 25.0 Å². The van der Waals surface area contributed by atoms with E-state index in [4.69, 9.17) is 10.5 Å². The lowest BCUT2D eigenvalue weighted by atomic mass is 10.2. The number of H-pyrrole nitrogens is 1. The fourth-order valence-corrected chi connectivity index (χ4v) is 2.62. The van der Waals surface area contributed by atoms with Crippen molar-refractivity contribution in [2.75, 3.05) is 20.3 Å². The molecule has 104 valence electrons. The van der Waals surface area contributed by atoms with Gasteiger partial charge < -0.3 is 15.5 Å². The standard InChI is InChI=1S/C11H21N3O3S/c1-17-6-4-2-3-5-14-18(15,16)11-7-10(8-12)13-9-11/h7,9,13-14H,2-6,8,12H2,1H3. The van der Waals surface area contributed by atoms with Crippen LogP contribution in [0.2, 0.25) is 0 Å². The van der Waals surface area contributed by atoms with Crippen LogP contribution in [0.4, 0.5) is 0 Å². The van der Waals surface area contributed by atoms with Crippen molar-refractivity contribution < 1.29 is 13.2 Å². The summed E-state index contributed by atoms with van der Waals surface area (Å²) >= 11 is 0. The maximum atomic E-state index is 11.9. The molecule has 0 atom stereocenters. The van der Waals surface area contributed by atoms with Crippen molar-refractivity contribution in [3.8, 4) is 0 Å². The van der Waals surface area contributed by atoms with Gasteiger partial charge >= 0.3 is 0 Å². The molecule has 0 radical (unpaired) electrons. The first kappa shape index (κ1) is 15.2. The molecule has 18 heavy (non-hydrogen) atoms. The molecule has 6 nitrogen and oxygen atoms in total. The van der Waals surface area contributed by atoms with Crippen LogP contribution in [0.5, 0.6) is 0 Å². The molecule has 1 rings (SSSR count). The zero-order chi connectivity index (χ0) is 13.4. The van der Waals surface area contributed by atoms with Gasteiger partial charge in [0.05, 0.1) is 4.90 Å². The molecule has 0 bridgehead atoms. The molecule has 0 aliphatic rings. The van der Waals surface area contributed by atoms with Crippen molar-refractivity contribution in [2.24, 2.45) is 5.73 Å². The van der Waals surface area contributed by atoms with E-state index in [0.29, 0.717) is 25.4 Å². The quantitative estimate of drug-likeness (QED) is 0.574. The zero-order valence-corrected chi connectivity index (χ0v) is 11.4. The first-order valence-electron chi connectivity index (χ1n) is 5.96. The van der Waals surface area contributed by atoms with Gasteiger partial charge in [-0.25, -0.2) is 13.1 Å². The molecule has 7 heteroatoms. The van der Waals surface area contributed by atoms with Crippen molar-refractivity contribution in [3.63, 3.8) is 0 Å². The van der Waals surface area contributed by atoms with E-state index in [0.717, 1.165) is 19.3 Å². The van der Waals surface area contributed by atoms with Crippen LogP contribution >= 0.6 is 0 Å². The third-order valence-electron chi connectivity index (χ3n) is 2.56. The summed E-state index contributed by atoms with van der Waals surface area (Å²) in [5.74, 6) is 0. The lowest BCUT2D eigenvalue weighted by Crippen LogP contribution is -2.24. The van der Waals surface area contributed by atoms with Crippen LogP contribution in [-0.4, -0.2) is 33.7 Å². The predicted molar refractivity (Wildman–Crippen MR) is 69.6 cm³/mol. The molecule has 0 saturated heterocycles. The first-order valence-corrected chi connectivity index (χ1v) is 7.44. The van der Waals surface area contributed by atoms with Crippen molar-refractivity contribution in [1.29, 1.82) is 0 Å². The van der Waals surface area contributed by atoms with Gasteiger partial charge in [0.2, 0.25) is 10.0 Å². The Kier molecular flexibility index (Phi) is 6.34. The van der Waals surface area contributed by atoms with E-state index in [2.05, 4.69) is 9.71 Å². The number of hydrogen-bond acceptors (Lipinski definition) is 4. The maximum absolute atomic E-state index is 11.9. The topological polar surface area (TPSA) is 97.2 Å². The van der Waals surface area contributed by atoms with Crippen LogP contribution in [0.3, 0.4) is 0 Å². The number of hydrogen-bond donors (Lipinski definition) is 3. The number of aromatic nitrogens is 1. The fraction of sp³-hybridized carbons (Fsp3) is 0.636. The molecule has 0 fully saturated rings. The predicted octanol–water partition coefficient (Wildman–Crippen LogP) is 0.568. The van der Waals surface area contributed by atoms with Gasteiger partial charge in [-0.15, -0.1) is 0 Å². The maximum Gasteiger partial charge on any atom is 0.242 e. The summed E-state index contributed by atoms with van der Waals surface area (Å²) in [6.45, 7) is 1.45. The second kappa shape index (κ2) is 7.52. The molecule has 0 amide bonds. The highest BCUT2D eigenvalue weighted by Crippen LogP contribution is 2.10. The van der Waals surface area contributed by atoms with E-state index in [1.807, 2.05) is 0 Å². The zero-order valence-electron chi connectivity index (χ0n) is 10.6. The normalized spacial score (nSPS) is 11.9. The van der Waals surface area contributed by atoms with Crippen molar-refractivity contribution in [3.05, 3.63) is 18.0 Å². The molecule has 0 spiro atoms. The molecule has 1 aromatic heterocycles. The van der Waals surface area contributed by atoms with Gasteiger partial charge in [-0.3, -0.25) is 0 Å². The first-order chi connectivity index (χ1) is 8.60. The van der Waals surface area contributed by atoms with Gasteiger partial charge in [-0.2, -0.15) is 0 Å². The number of sulfonamides is 1. The Labute approximate surface area is 108 Å². The molecular weight excluding hydrogens is 254 g/mol. The third-order valence-corrected chi connectivity index (χ3v) is 4.00. The summed E-state index contributed by atoms with van der Waals surface area (Å²) in [6, 6.07) is 1.55. The van der Waals surface area contributed by atoms with Crippen molar-refractivity contribution >= 4 is 10.0 Å². The summed E-state index contributed by atoms with van der Waals surface area (Å²) in [6.07, 6.45) is 4.14. The smallest absolute Gasteiger partial charge is 0.242 e. The second-order valence-electron chi connectivity index (χ2n) is 4.02. The van der Waals surface area contributed by atoms with E-state index >= 15 is 0 Å². The van der Waals surface area contributed by atoms with Crippen molar-refractivity contribution in [1.82, 2.24) is 9.71 Å². The lowest BCUT2D eigenvalue weighted by molar-refractivity contribution is 0.192. The lowest BCUT2D eigenvalue weighted by Gasteiger charge is -2.04. The van der Waals surface area contributed by atoms with E-state index in [9.17, 15) is 8.42 Å². The van der Waals surface area contributed by atoms with E-state index in [-0.39, 0.29) is 4.90 Å². The van der Waals surface area contributed by atoms with E-state index in [1.54, 1.807) is 13.2 Å². The fourth-order valence-electron chi connectivity index (χ4n) is 1.53. The van der Waals surface area contributed by atoms with Gasteiger partial charge in [0.15, 0.2) is 0 Å². The van der Waals surface area contributed by atoms with Gasteiger partial charge in [-0.1, -0.05) is 0 Å². The number of nitrogens with two attached hydrogens (primary N) is 1. The van der Waals surface area contributed by atoms with Crippen LogP contribution in [0.15, 0.2) is 17.2 Å².